The number of nitrogens with one attached hydrogen (secondary N) is 2. The Labute approximate surface area is 173 Å². The lowest BCUT2D eigenvalue weighted by molar-refractivity contribution is 0.0526. The highest BCUT2D eigenvalue weighted by molar-refractivity contribution is 7.80. The van der Waals surface area contributed by atoms with Crippen LogP contribution in [0.4, 0.5) is 11.4 Å². The Hall–Kier alpha value is -2.90. The normalized spacial score (nSPS) is 10.4. The Balaban J connectivity index is 1.58. The Kier molecular flexibility index (Phi) is 6.62. The zero-order valence-electron chi connectivity index (χ0n) is 15.2. The van der Waals surface area contributed by atoms with E-state index in [0.717, 1.165) is 16.9 Å². The minimum atomic E-state index is -0.343. The van der Waals surface area contributed by atoms with Crippen LogP contribution in [0.3, 0.4) is 0 Å². The summed E-state index contributed by atoms with van der Waals surface area (Å²) in [6, 6.07) is 14.8. The maximum absolute atomic E-state index is 11.7. The van der Waals surface area contributed by atoms with Gasteiger partial charge in [0.15, 0.2) is 5.11 Å². The van der Waals surface area contributed by atoms with Gasteiger partial charge in [0.2, 0.25) is 0 Å². The molecule has 0 atom stereocenters. The molecule has 0 radical (unpaired) electrons. The van der Waals surface area contributed by atoms with E-state index in [4.69, 9.17) is 28.6 Å². The highest BCUT2D eigenvalue weighted by atomic mass is 35.5. The van der Waals surface area contributed by atoms with E-state index in [1.54, 1.807) is 48.3 Å². The number of aromatic nitrogens is 2. The van der Waals surface area contributed by atoms with Crippen LogP contribution in [0.5, 0.6) is 0 Å². The molecule has 0 aliphatic carbocycles. The van der Waals surface area contributed by atoms with Crippen molar-refractivity contribution >= 4 is 46.3 Å². The second kappa shape index (κ2) is 9.34. The molecule has 0 spiro atoms. The molecular weight excluding hydrogens is 396 g/mol. The lowest BCUT2D eigenvalue weighted by atomic mass is 10.2. The number of benzene rings is 2. The number of hydrogen-bond acceptors (Lipinski definition) is 4. The zero-order chi connectivity index (χ0) is 19.9. The minimum absolute atomic E-state index is 0.343. The van der Waals surface area contributed by atoms with Gasteiger partial charge in [-0.1, -0.05) is 23.7 Å². The molecule has 6 nitrogen and oxygen atoms in total. The van der Waals surface area contributed by atoms with Crippen LogP contribution in [0, 0.1) is 0 Å². The minimum Gasteiger partial charge on any atom is -0.462 e. The third kappa shape index (κ3) is 5.55. The van der Waals surface area contributed by atoms with Crippen LogP contribution in [0.2, 0.25) is 5.02 Å². The van der Waals surface area contributed by atoms with Crippen LogP contribution < -0.4 is 10.6 Å². The van der Waals surface area contributed by atoms with Crippen molar-refractivity contribution in [2.24, 2.45) is 0 Å². The predicted octanol–water partition coefficient (Wildman–Crippen LogP) is 4.57. The number of carbonyl (C=O) groups is 1. The summed E-state index contributed by atoms with van der Waals surface area (Å²) in [6.07, 6.45) is 3.38. The van der Waals surface area contributed by atoms with Crippen molar-refractivity contribution in [1.29, 1.82) is 0 Å². The number of thiocarbonyl (C=S) groups is 1. The third-order valence-electron chi connectivity index (χ3n) is 3.79. The molecule has 0 bridgehead atoms. The molecule has 0 saturated heterocycles. The van der Waals surface area contributed by atoms with Crippen molar-refractivity contribution < 1.29 is 9.53 Å². The summed E-state index contributed by atoms with van der Waals surface area (Å²) in [4.78, 5) is 11.7. The standard InChI is InChI=1S/C20H19ClN4O2S/c1-2-27-19(26)15-6-8-17(9-7-15)23-20(28)24-18-5-3-4-14(10-18)12-25-13-16(21)11-22-25/h3-11,13H,2,12H2,1H3,(H2,23,24,28). The third-order valence-corrected chi connectivity index (χ3v) is 4.18. The number of halogens is 1. The van der Waals surface area contributed by atoms with Crippen LogP contribution in [-0.2, 0) is 11.3 Å². The first-order valence-electron chi connectivity index (χ1n) is 8.65. The lowest BCUT2D eigenvalue weighted by Gasteiger charge is -2.12. The summed E-state index contributed by atoms with van der Waals surface area (Å²) in [6.45, 7) is 2.73. The molecule has 0 amide bonds. The van der Waals surface area contributed by atoms with Gasteiger partial charge in [-0.2, -0.15) is 5.10 Å². The summed E-state index contributed by atoms with van der Waals surface area (Å²) in [5.74, 6) is -0.343. The average molecular weight is 415 g/mol. The smallest absolute Gasteiger partial charge is 0.338 e. The molecule has 144 valence electrons. The number of anilines is 2. The Morgan fingerprint density at radius 3 is 2.61 bits per heavy atom. The van der Waals surface area contributed by atoms with Crippen LogP contribution >= 0.6 is 23.8 Å². The fraction of sp³-hybridized carbons (Fsp3) is 0.150. The maximum atomic E-state index is 11.7. The van der Waals surface area contributed by atoms with E-state index < -0.39 is 0 Å². The van der Waals surface area contributed by atoms with Gasteiger partial charge in [-0.25, -0.2) is 4.79 Å². The Morgan fingerprint density at radius 2 is 1.93 bits per heavy atom. The van der Waals surface area contributed by atoms with Gasteiger partial charge in [-0.15, -0.1) is 0 Å². The summed E-state index contributed by atoms with van der Waals surface area (Å²) in [5, 5.41) is 11.5. The van der Waals surface area contributed by atoms with Crippen LogP contribution in [0.15, 0.2) is 60.9 Å². The molecule has 3 rings (SSSR count). The van der Waals surface area contributed by atoms with Crippen LogP contribution in [0.1, 0.15) is 22.8 Å². The number of carbonyl (C=O) groups excluding carboxylic acids is 1. The molecule has 1 aromatic heterocycles. The largest absolute Gasteiger partial charge is 0.462 e. The second-order valence-corrected chi connectivity index (χ2v) is 6.78. The van der Waals surface area contributed by atoms with E-state index in [0.29, 0.717) is 28.9 Å². The number of rotatable bonds is 6. The van der Waals surface area contributed by atoms with E-state index >= 15 is 0 Å². The van der Waals surface area contributed by atoms with E-state index in [1.807, 2.05) is 24.3 Å². The maximum Gasteiger partial charge on any atom is 0.338 e. The van der Waals surface area contributed by atoms with Gasteiger partial charge in [0.05, 0.1) is 29.9 Å². The van der Waals surface area contributed by atoms with Crippen molar-refractivity contribution in [1.82, 2.24) is 9.78 Å². The molecule has 0 aliphatic heterocycles. The molecule has 0 aliphatic rings. The first-order valence-corrected chi connectivity index (χ1v) is 9.44. The van der Waals surface area contributed by atoms with Crippen molar-refractivity contribution in [2.45, 2.75) is 13.5 Å². The SMILES string of the molecule is CCOC(=O)c1ccc(NC(=S)Nc2cccc(Cn3cc(Cl)cn3)c2)cc1. The van der Waals surface area contributed by atoms with Crippen molar-refractivity contribution in [2.75, 3.05) is 17.2 Å². The number of ether oxygens (including phenoxy) is 1. The topological polar surface area (TPSA) is 68.2 Å². The fourth-order valence-corrected chi connectivity index (χ4v) is 2.95. The van der Waals surface area contributed by atoms with E-state index in [-0.39, 0.29) is 5.97 Å². The Morgan fingerprint density at radius 1 is 1.18 bits per heavy atom. The molecule has 2 N–H and O–H groups in total. The van der Waals surface area contributed by atoms with Gasteiger partial charge in [-0.3, -0.25) is 4.68 Å². The van der Waals surface area contributed by atoms with Gasteiger partial charge in [0, 0.05) is 17.6 Å². The average Bonchev–Trinajstić information content (AvgIpc) is 3.07. The molecule has 0 saturated carbocycles. The monoisotopic (exact) mass is 414 g/mol. The summed E-state index contributed by atoms with van der Waals surface area (Å²) < 4.78 is 6.74. The van der Waals surface area contributed by atoms with Gasteiger partial charge in [0.25, 0.3) is 0 Å². The Bertz CT molecular complexity index is 972. The van der Waals surface area contributed by atoms with Crippen molar-refractivity contribution in [3.63, 3.8) is 0 Å². The van der Waals surface area contributed by atoms with Gasteiger partial charge < -0.3 is 15.4 Å². The second-order valence-electron chi connectivity index (χ2n) is 5.93. The number of esters is 1. The predicted molar refractivity (Wildman–Crippen MR) is 115 cm³/mol. The van der Waals surface area contributed by atoms with Gasteiger partial charge in [0.1, 0.15) is 0 Å². The zero-order valence-corrected chi connectivity index (χ0v) is 16.8. The van der Waals surface area contributed by atoms with Crippen LogP contribution in [-0.4, -0.2) is 27.5 Å². The van der Waals surface area contributed by atoms with E-state index in [1.165, 1.54) is 0 Å². The molecule has 0 unspecified atom stereocenters. The van der Waals surface area contributed by atoms with Crippen molar-refractivity contribution in [3.05, 3.63) is 77.1 Å². The summed E-state index contributed by atoms with van der Waals surface area (Å²) >= 11 is 11.3. The molecule has 0 fully saturated rings. The first-order chi connectivity index (χ1) is 13.5. The van der Waals surface area contributed by atoms with Gasteiger partial charge in [-0.05, 0) is 61.1 Å². The quantitative estimate of drug-likeness (QED) is 0.455. The first kappa shape index (κ1) is 19.9. The van der Waals surface area contributed by atoms with E-state index in [9.17, 15) is 4.79 Å². The highest BCUT2D eigenvalue weighted by Crippen LogP contribution is 2.15. The van der Waals surface area contributed by atoms with Crippen molar-refractivity contribution in [3.8, 4) is 0 Å². The lowest BCUT2D eigenvalue weighted by Crippen LogP contribution is -2.19. The number of hydrogen-bond donors (Lipinski definition) is 2. The molecular formula is C20H19ClN4O2S. The van der Waals surface area contributed by atoms with E-state index in [2.05, 4.69) is 15.7 Å². The van der Waals surface area contributed by atoms with Gasteiger partial charge >= 0.3 is 5.97 Å². The summed E-state index contributed by atoms with van der Waals surface area (Å²) in [5.41, 5.74) is 3.19. The summed E-state index contributed by atoms with van der Waals surface area (Å²) in [7, 11) is 0. The van der Waals surface area contributed by atoms with Crippen LogP contribution in [0.25, 0.3) is 0 Å². The molecule has 3 aromatic rings. The molecule has 2 aromatic carbocycles. The molecule has 1 heterocycles. The number of nitrogens with zero attached hydrogens (tertiary/aromatic N) is 2. The highest BCUT2D eigenvalue weighted by Gasteiger charge is 2.06. The molecule has 28 heavy (non-hydrogen) atoms. The molecule has 8 heteroatoms. The fourth-order valence-electron chi connectivity index (χ4n) is 2.56.